The summed E-state index contributed by atoms with van der Waals surface area (Å²) in [5, 5.41) is 12.8. The van der Waals surface area contributed by atoms with Crippen molar-refractivity contribution >= 4 is 27.4 Å². The van der Waals surface area contributed by atoms with E-state index < -0.39 is 27.8 Å². The number of nitrogens with zero attached hydrogens (tertiary/aromatic N) is 2. The smallest absolute Gasteiger partial charge is 0.266 e. The minimum absolute atomic E-state index is 0.00909. The molecule has 4 aromatic carbocycles. The number of hydrogen-bond donors (Lipinski definition) is 2. The van der Waals surface area contributed by atoms with Crippen LogP contribution in [0.4, 0.5) is 5.69 Å². The highest BCUT2D eigenvalue weighted by molar-refractivity contribution is 7.89. The third kappa shape index (κ3) is 5.21. The highest BCUT2D eigenvalue weighted by Crippen LogP contribution is 2.44. The van der Waals surface area contributed by atoms with Crippen LogP contribution < -0.4 is 11.1 Å². The normalized spacial score (nSPS) is 16.7. The third-order valence-electron chi connectivity index (χ3n) is 6.95. The maximum absolute atomic E-state index is 14.1. The largest absolute Gasteiger partial charge is 0.384 e. The standard InChI is InChI=1S/C32H26N4O4S/c1-21(37)35-26-16-18-27(19-17-26)41(39,40)36-30(31(38)25-10-6-3-7-11-25)29(28(20-33)32(36)34)24-14-12-23(13-15-24)22-8-4-2-5-9-22/h2-19,29-30H,34H2,1H3,(H,35,37)/t29-,30-/m1/s1. The minimum Gasteiger partial charge on any atom is -0.384 e. The highest BCUT2D eigenvalue weighted by atomic mass is 32.2. The summed E-state index contributed by atoms with van der Waals surface area (Å²) in [7, 11) is -4.40. The summed E-state index contributed by atoms with van der Waals surface area (Å²) in [5.41, 5.74) is 9.59. The number of nitrogens with two attached hydrogens (primary N) is 1. The number of nitriles is 1. The molecule has 0 unspecified atom stereocenters. The van der Waals surface area contributed by atoms with Gasteiger partial charge in [-0.25, -0.2) is 12.7 Å². The summed E-state index contributed by atoms with van der Waals surface area (Å²) in [6.07, 6.45) is 0. The molecule has 1 amide bonds. The van der Waals surface area contributed by atoms with Crippen molar-refractivity contribution in [2.45, 2.75) is 23.8 Å². The Labute approximate surface area is 238 Å². The molecule has 0 saturated carbocycles. The second-order valence-corrected chi connectivity index (χ2v) is 11.4. The number of amides is 1. The number of nitrogens with one attached hydrogen (secondary N) is 1. The molecule has 41 heavy (non-hydrogen) atoms. The molecule has 0 saturated heterocycles. The van der Waals surface area contributed by atoms with E-state index in [9.17, 15) is 23.3 Å². The highest BCUT2D eigenvalue weighted by Gasteiger charge is 2.50. The minimum atomic E-state index is -4.40. The van der Waals surface area contributed by atoms with E-state index in [1.807, 2.05) is 42.5 Å². The van der Waals surface area contributed by atoms with Crippen molar-refractivity contribution in [2.75, 3.05) is 5.32 Å². The van der Waals surface area contributed by atoms with Gasteiger partial charge in [0, 0.05) is 18.2 Å². The van der Waals surface area contributed by atoms with Crippen LogP contribution in [0.25, 0.3) is 11.1 Å². The molecule has 1 aliphatic heterocycles. The molecule has 0 radical (unpaired) electrons. The molecule has 8 nitrogen and oxygen atoms in total. The average molecular weight is 563 g/mol. The van der Waals surface area contributed by atoms with Gasteiger partial charge in [-0.1, -0.05) is 84.9 Å². The van der Waals surface area contributed by atoms with Crippen LogP contribution in [0.15, 0.2) is 125 Å². The predicted octanol–water partition coefficient (Wildman–Crippen LogP) is 5.05. The Bertz CT molecular complexity index is 1780. The zero-order chi connectivity index (χ0) is 29.1. The lowest BCUT2D eigenvalue weighted by Crippen LogP contribution is -2.45. The van der Waals surface area contributed by atoms with Crippen molar-refractivity contribution in [1.29, 1.82) is 5.26 Å². The van der Waals surface area contributed by atoms with Crippen molar-refractivity contribution in [1.82, 2.24) is 4.31 Å². The number of rotatable bonds is 7. The Morgan fingerprint density at radius 1 is 0.829 bits per heavy atom. The van der Waals surface area contributed by atoms with Gasteiger partial charge in [-0.05, 0) is 41.0 Å². The lowest BCUT2D eigenvalue weighted by Gasteiger charge is -2.29. The maximum Gasteiger partial charge on any atom is 0.266 e. The van der Waals surface area contributed by atoms with Gasteiger partial charge < -0.3 is 11.1 Å². The van der Waals surface area contributed by atoms with E-state index in [0.29, 0.717) is 11.3 Å². The zero-order valence-corrected chi connectivity index (χ0v) is 22.9. The van der Waals surface area contributed by atoms with Gasteiger partial charge in [0.05, 0.1) is 22.5 Å². The Kier molecular flexibility index (Phi) is 7.42. The van der Waals surface area contributed by atoms with E-state index in [2.05, 4.69) is 11.4 Å². The van der Waals surface area contributed by atoms with Crippen LogP contribution in [-0.4, -0.2) is 30.5 Å². The topological polar surface area (TPSA) is 133 Å². The first kappa shape index (κ1) is 27.4. The molecule has 0 fully saturated rings. The Morgan fingerprint density at radius 3 is 1.95 bits per heavy atom. The van der Waals surface area contributed by atoms with Crippen molar-refractivity contribution in [3.05, 3.63) is 132 Å². The zero-order valence-electron chi connectivity index (χ0n) is 22.1. The van der Waals surface area contributed by atoms with Crippen molar-refractivity contribution in [2.24, 2.45) is 5.73 Å². The second-order valence-electron chi connectivity index (χ2n) is 9.56. The van der Waals surface area contributed by atoms with Crippen molar-refractivity contribution in [3.8, 4) is 17.2 Å². The molecule has 1 heterocycles. The van der Waals surface area contributed by atoms with E-state index in [4.69, 9.17) is 5.73 Å². The van der Waals surface area contributed by atoms with E-state index >= 15 is 0 Å². The number of carbonyl (C=O) groups is 2. The van der Waals surface area contributed by atoms with Crippen LogP contribution in [0, 0.1) is 11.3 Å². The fourth-order valence-corrected chi connectivity index (χ4v) is 6.63. The van der Waals surface area contributed by atoms with Gasteiger partial charge >= 0.3 is 0 Å². The van der Waals surface area contributed by atoms with Crippen LogP contribution in [0.1, 0.15) is 28.8 Å². The SMILES string of the molecule is CC(=O)Nc1ccc(S(=O)(=O)N2C(N)=C(C#N)[C@@H](c3ccc(-c4ccccc4)cc3)[C@@H]2C(=O)c2ccccc2)cc1. The number of carbonyl (C=O) groups excluding carboxylic acids is 2. The number of hydrogen-bond acceptors (Lipinski definition) is 6. The lowest BCUT2D eigenvalue weighted by molar-refractivity contribution is -0.114. The number of anilines is 1. The van der Waals surface area contributed by atoms with E-state index in [-0.39, 0.29) is 27.8 Å². The molecule has 3 N–H and O–H groups in total. The summed E-state index contributed by atoms with van der Waals surface area (Å²) >= 11 is 0. The molecule has 5 rings (SSSR count). The number of benzene rings is 4. The number of sulfonamides is 1. The first-order valence-electron chi connectivity index (χ1n) is 12.8. The van der Waals surface area contributed by atoms with E-state index in [1.54, 1.807) is 42.5 Å². The molecule has 9 heteroatoms. The first-order chi connectivity index (χ1) is 19.7. The van der Waals surface area contributed by atoms with Crippen LogP contribution in [0.2, 0.25) is 0 Å². The van der Waals surface area contributed by atoms with Gasteiger partial charge in [0.2, 0.25) is 5.91 Å². The van der Waals surface area contributed by atoms with Gasteiger partial charge in [0.25, 0.3) is 10.0 Å². The van der Waals surface area contributed by atoms with Gasteiger partial charge in [-0.15, -0.1) is 0 Å². The summed E-state index contributed by atoms with van der Waals surface area (Å²) < 4.78 is 29.0. The van der Waals surface area contributed by atoms with E-state index in [1.165, 1.54) is 31.2 Å². The lowest BCUT2D eigenvalue weighted by atomic mass is 9.84. The van der Waals surface area contributed by atoms with Gasteiger partial charge in [-0.2, -0.15) is 5.26 Å². The molecule has 0 aromatic heterocycles. The fraction of sp³-hybridized carbons (Fsp3) is 0.0938. The molecule has 0 aliphatic carbocycles. The Hall–Kier alpha value is -5.20. The maximum atomic E-state index is 14.1. The van der Waals surface area contributed by atoms with Crippen LogP contribution in [0.5, 0.6) is 0 Å². The monoisotopic (exact) mass is 562 g/mol. The summed E-state index contributed by atoms with van der Waals surface area (Å²) in [6, 6.07) is 31.7. The average Bonchev–Trinajstić information content (AvgIpc) is 3.30. The van der Waals surface area contributed by atoms with Gasteiger partial charge in [0.15, 0.2) is 5.78 Å². The quantitative estimate of drug-likeness (QED) is 0.303. The molecule has 1 aliphatic rings. The molecule has 204 valence electrons. The second kappa shape index (κ2) is 11.1. The molecular formula is C32H26N4O4S. The number of ketones is 1. The molecular weight excluding hydrogens is 536 g/mol. The van der Waals surface area contributed by atoms with Crippen LogP contribution in [-0.2, 0) is 14.8 Å². The van der Waals surface area contributed by atoms with Gasteiger partial charge in [-0.3, -0.25) is 9.59 Å². The summed E-state index contributed by atoms with van der Waals surface area (Å²) in [4.78, 5) is 25.3. The van der Waals surface area contributed by atoms with E-state index in [0.717, 1.165) is 15.4 Å². The first-order valence-corrected chi connectivity index (χ1v) is 14.2. The molecule has 0 spiro atoms. The molecule has 4 aromatic rings. The summed E-state index contributed by atoms with van der Waals surface area (Å²) in [5.74, 6) is -2.04. The van der Waals surface area contributed by atoms with Crippen molar-refractivity contribution in [3.63, 3.8) is 0 Å². The fourth-order valence-electron chi connectivity index (χ4n) is 5.05. The van der Waals surface area contributed by atoms with Crippen LogP contribution >= 0.6 is 0 Å². The Morgan fingerprint density at radius 2 is 1.39 bits per heavy atom. The summed E-state index contributed by atoms with van der Waals surface area (Å²) in [6.45, 7) is 1.34. The van der Waals surface area contributed by atoms with Crippen molar-refractivity contribution < 1.29 is 18.0 Å². The Balaban J connectivity index is 1.62. The molecule has 2 atom stereocenters. The predicted molar refractivity (Wildman–Crippen MR) is 156 cm³/mol. The number of Topliss-reactive ketones (excluding diaryl/α,β-unsaturated/α-hetero) is 1. The van der Waals surface area contributed by atoms with Crippen LogP contribution in [0.3, 0.4) is 0 Å². The third-order valence-corrected chi connectivity index (χ3v) is 8.76. The van der Waals surface area contributed by atoms with Gasteiger partial charge in [0.1, 0.15) is 11.9 Å². The molecule has 0 bridgehead atoms.